The number of carboxylic acids is 1. The number of hydrogen-bond acceptors (Lipinski definition) is 6. The Hall–Kier alpha value is -1.28. The number of morpholine rings is 1. The predicted molar refractivity (Wildman–Crippen MR) is 179 cm³/mol. The lowest BCUT2D eigenvalue weighted by Gasteiger charge is -2.60. The molecule has 5 aliphatic carbocycles. The van der Waals surface area contributed by atoms with Gasteiger partial charge in [-0.1, -0.05) is 77.9 Å². The zero-order valence-electron chi connectivity index (χ0n) is 29.3. The standard InChI is InChI=1S/C39H62N2O5/c1-5-40(14-9-15-41-16-18-45-19-17-41)24-34-30(28-10-7-6-8-11-28)21-35(46-34)38-23-31-27(4)12-13-32(31)37(25-42)22-29(38)20-33(26(2)3)39(37,38)36(43)44/h20,25-32,34-35H,5-19,21-24H2,1-4H3,(H,43,44)/t27-,29?,30?,31-,32-,34?,35?,37?,38?,39+/m1/s1. The highest BCUT2D eigenvalue weighted by Crippen LogP contribution is 2.84. The van der Waals surface area contributed by atoms with Crippen molar-refractivity contribution in [3.8, 4) is 0 Å². The smallest absolute Gasteiger partial charge is 0.315 e. The van der Waals surface area contributed by atoms with Gasteiger partial charge in [-0.3, -0.25) is 9.69 Å². The number of ether oxygens (including phenoxy) is 2. The van der Waals surface area contributed by atoms with Crippen LogP contribution in [-0.2, 0) is 19.1 Å². The predicted octanol–water partition coefficient (Wildman–Crippen LogP) is 6.31. The molecule has 2 saturated heterocycles. The van der Waals surface area contributed by atoms with E-state index in [4.69, 9.17) is 9.47 Å². The molecule has 46 heavy (non-hydrogen) atoms. The molecule has 0 radical (unpaired) electrons. The second-order valence-corrected chi connectivity index (χ2v) is 17.0. The van der Waals surface area contributed by atoms with Gasteiger partial charge in [0.25, 0.3) is 0 Å². The molecular weight excluding hydrogens is 576 g/mol. The highest BCUT2D eigenvalue weighted by molar-refractivity contribution is 5.90. The molecule has 2 heterocycles. The number of carbonyl (C=O) groups excluding carboxylic acids is 1. The van der Waals surface area contributed by atoms with Crippen LogP contribution < -0.4 is 0 Å². The first kappa shape index (κ1) is 33.2. The van der Waals surface area contributed by atoms with Crippen molar-refractivity contribution in [3.05, 3.63) is 11.6 Å². The molecular formula is C39H62N2O5. The fourth-order valence-electron chi connectivity index (χ4n) is 13.2. The monoisotopic (exact) mass is 638 g/mol. The molecule has 0 amide bonds. The van der Waals surface area contributed by atoms with Crippen LogP contribution in [0.2, 0.25) is 0 Å². The maximum absolute atomic E-state index is 14.2. The summed E-state index contributed by atoms with van der Waals surface area (Å²) in [5.74, 6) is 1.70. The Kier molecular flexibility index (Phi) is 9.30. The van der Waals surface area contributed by atoms with E-state index in [2.05, 4.69) is 43.6 Å². The molecule has 7 rings (SSSR count). The lowest BCUT2D eigenvalue weighted by molar-refractivity contribution is -0.197. The second kappa shape index (κ2) is 12.9. The summed E-state index contributed by atoms with van der Waals surface area (Å²) < 4.78 is 13.1. The molecule has 1 N–H and O–H groups in total. The van der Waals surface area contributed by atoms with Crippen molar-refractivity contribution in [2.75, 3.05) is 52.5 Å². The molecule has 0 aromatic heterocycles. The van der Waals surface area contributed by atoms with Crippen LogP contribution in [-0.4, -0.2) is 91.9 Å². The number of aldehydes is 1. The van der Waals surface area contributed by atoms with Crippen molar-refractivity contribution in [2.24, 2.45) is 57.7 Å². The summed E-state index contributed by atoms with van der Waals surface area (Å²) in [4.78, 5) is 33.0. The third-order valence-electron chi connectivity index (χ3n) is 15.1. The molecule has 10 atom stereocenters. The Labute approximate surface area is 278 Å². The maximum atomic E-state index is 14.2. The molecule has 0 aromatic rings. The number of nitrogens with zero attached hydrogens (tertiary/aromatic N) is 2. The van der Waals surface area contributed by atoms with Crippen molar-refractivity contribution < 1.29 is 24.2 Å². The molecule has 4 bridgehead atoms. The first-order valence-corrected chi connectivity index (χ1v) is 19.3. The number of allylic oxidation sites excluding steroid dienone is 1. The Morgan fingerprint density at radius 1 is 1.11 bits per heavy atom. The minimum Gasteiger partial charge on any atom is -0.481 e. The molecule has 7 nitrogen and oxygen atoms in total. The molecule has 6 fully saturated rings. The summed E-state index contributed by atoms with van der Waals surface area (Å²) in [6, 6.07) is 0. The quantitative estimate of drug-likeness (QED) is 0.198. The van der Waals surface area contributed by atoms with E-state index >= 15 is 0 Å². The SMILES string of the molecule is CCN(CCCN1CCOCC1)CC1OC(C23C[C@@H]4[C@H](C)CC[C@H]4C4(C=O)CC2C=C(C(C)C)[C@@]34C(=O)O)CC1C1CCCCC1. The van der Waals surface area contributed by atoms with Gasteiger partial charge in [0.05, 0.1) is 30.8 Å². The van der Waals surface area contributed by atoms with Gasteiger partial charge in [-0.25, -0.2) is 0 Å². The minimum atomic E-state index is -1.15. The summed E-state index contributed by atoms with van der Waals surface area (Å²) in [7, 11) is 0. The van der Waals surface area contributed by atoms with Crippen molar-refractivity contribution in [1.82, 2.24) is 9.80 Å². The van der Waals surface area contributed by atoms with Crippen LogP contribution >= 0.6 is 0 Å². The number of carboxylic acid groups (broad SMARTS) is 1. The van der Waals surface area contributed by atoms with Gasteiger partial charge in [-0.05, 0) is 93.2 Å². The molecule has 6 unspecified atom stereocenters. The molecule has 7 aliphatic rings. The first-order valence-electron chi connectivity index (χ1n) is 19.3. The fourth-order valence-corrected chi connectivity index (χ4v) is 13.2. The Morgan fingerprint density at radius 2 is 1.87 bits per heavy atom. The highest BCUT2D eigenvalue weighted by atomic mass is 16.5. The van der Waals surface area contributed by atoms with Gasteiger partial charge in [-0.2, -0.15) is 0 Å². The van der Waals surface area contributed by atoms with Crippen LogP contribution in [0.3, 0.4) is 0 Å². The van der Waals surface area contributed by atoms with E-state index in [1.54, 1.807) is 0 Å². The van der Waals surface area contributed by atoms with Crippen LogP contribution in [0.25, 0.3) is 0 Å². The summed E-state index contributed by atoms with van der Waals surface area (Å²) in [5, 5.41) is 11.6. The van der Waals surface area contributed by atoms with Gasteiger partial charge in [-0.15, -0.1) is 0 Å². The zero-order chi connectivity index (χ0) is 32.3. The van der Waals surface area contributed by atoms with Crippen LogP contribution in [0.4, 0.5) is 0 Å². The van der Waals surface area contributed by atoms with Crippen molar-refractivity contribution in [3.63, 3.8) is 0 Å². The van der Waals surface area contributed by atoms with Gasteiger partial charge < -0.3 is 24.3 Å². The van der Waals surface area contributed by atoms with Gasteiger partial charge in [0, 0.05) is 25.0 Å². The molecule has 0 aromatic carbocycles. The largest absolute Gasteiger partial charge is 0.481 e. The Bertz CT molecular complexity index is 1160. The molecule has 0 spiro atoms. The van der Waals surface area contributed by atoms with Gasteiger partial charge >= 0.3 is 5.97 Å². The Morgan fingerprint density at radius 3 is 2.54 bits per heavy atom. The second-order valence-electron chi connectivity index (χ2n) is 17.0. The molecule has 4 saturated carbocycles. The van der Waals surface area contributed by atoms with Gasteiger partial charge in [0.1, 0.15) is 11.7 Å². The van der Waals surface area contributed by atoms with E-state index in [1.165, 1.54) is 38.4 Å². The van der Waals surface area contributed by atoms with E-state index in [0.717, 1.165) is 90.2 Å². The van der Waals surface area contributed by atoms with E-state index < -0.39 is 22.2 Å². The number of aliphatic carboxylic acids is 1. The average Bonchev–Trinajstić information content (AvgIpc) is 3.78. The number of likely N-dealkylation sites (N-methyl/N-ethyl adjacent to an activating group) is 1. The van der Waals surface area contributed by atoms with E-state index in [1.807, 2.05) is 0 Å². The van der Waals surface area contributed by atoms with Crippen LogP contribution in [0.1, 0.15) is 98.3 Å². The molecule has 7 heteroatoms. The summed E-state index contributed by atoms with van der Waals surface area (Å²) >= 11 is 0. The molecule has 258 valence electrons. The van der Waals surface area contributed by atoms with Crippen LogP contribution in [0, 0.1) is 57.7 Å². The summed E-state index contributed by atoms with van der Waals surface area (Å²) in [6.07, 6.45) is 15.9. The van der Waals surface area contributed by atoms with Gasteiger partial charge in [0.2, 0.25) is 0 Å². The Balaban J connectivity index is 1.22. The summed E-state index contributed by atoms with van der Waals surface area (Å²) in [6.45, 7) is 16.9. The van der Waals surface area contributed by atoms with Crippen LogP contribution in [0.15, 0.2) is 11.6 Å². The third kappa shape index (κ3) is 4.78. The lowest BCUT2D eigenvalue weighted by atomic mass is 9.41. The van der Waals surface area contributed by atoms with E-state index in [9.17, 15) is 14.7 Å². The van der Waals surface area contributed by atoms with Crippen molar-refractivity contribution in [1.29, 1.82) is 0 Å². The zero-order valence-corrected chi connectivity index (χ0v) is 29.3. The summed E-state index contributed by atoms with van der Waals surface area (Å²) in [5.41, 5.74) is -1.46. The normalized spacial score (nSPS) is 44.2. The highest BCUT2D eigenvalue weighted by Gasteiger charge is 2.86. The maximum Gasteiger partial charge on any atom is 0.315 e. The number of rotatable bonds is 12. The first-order chi connectivity index (χ1) is 22.2. The molecule has 2 aliphatic heterocycles. The number of hydrogen-bond donors (Lipinski definition) is 1. The van der Waals surface area contributed by atoms with Crippen LogP contribution in [0.5, 0.6) is 0 Å². The van der Waals surface area contributed by atoms with E-state index in [-0.39, 0.29) is 30.0 Å². The van der Waals surface area contributed by atoms with Gasteiger partial charge in [0.15, 0.2) is 0 Å². The lowest BCUT2D eigenvalue weighted by Crippen LogP contribution is -2.65. The average molecular weight is 639 g/mol. The van der Waals surface area contributed by atoms with Crippen molar-refractivity contribution in [2.45, 2.75) is 111 Å². The third-order valence-corrected chi connectivity index (χ3v) is 15.1. The van der Waals surface area contributed by atoms with E-state index in [0.29, 0.717) is 30.1 Å². The minimum absolute atomic E-state index is 0.101. The number of carbonyl (C=O) groups is 2. The fraction of sp³-hybridized carbons (Fsp3) is 0.897. The topological polar surface area (TPSA) is 79.3 Å². The number of fused-ring (bicyclic) bond motifs is 2. The van der Waals surface area contributed by atoms with Crippen molar-refractivity contribution >= 4 is 12.3 Å².